The normalized spacial score (nSPS) is 17.6. The van der Waals surface area contributed by atoms with Crippen LogP contribution in [0.4, 0.5) is 0 Å². The Balaban J connectivity index is 1.59. The maximum Gasteiger partial charge on any atom is 0.273 e. The van der Waals surface area contributed by atoms with E-state index in [2.05, 4.69) is 25.5 Å². The second kappa shape index (κ2) is 6.48. The average Bonchev–Trinajstić information content (AvgIpc) is 3.33. The van der Waals surface area contributed by atoms with Gasteiger partial charge in [0.15, 0.2) is 0 Å². The van der Waals surface area contributed by atoms with Crippen molar-refractivity contribution in [3.8, 4) is 11.1 Å². The summed E-state index contributed by atoms with van der Waals surface area (Å²) >= 11 is 0. The summed E-state index contributed by atoms with van der Waals surface area (Å²) in [7, 11) is 1.94. The Labute approximate surface area is 144 Å². The molecule has 1 amide bonds. The zero-order chi connectivity index (χ0) is 17.2. The Bertz CT molecular complexity index is 854. The summed E-state index contributed by atoms with van der Waals surface area (Å²) in [6, 6.07) is 3.56. The molecule has 3 aromatic heterocycles. The third-order valence-electron chi connectivity index (χ3n) is 4.47. The maximum atomic E-state index is 13.0. The number of nitrogens with one attached hydrogen (secondary N) is 2. The molecule has 1 aliphatic rings. The SMILES string of the molecule is Cn1ccnc1C1CNCCN1C(=O)c1ccc(-c2cn[nH]c2)cn1. The molecule has 0 aliphatic carbocycles. The average molecular weight is 337 g/mol. The summed E-state index contributed by atoms with van der Waals surface area (Å²) < 4.78 is 1.95. The van der Waals surface area contributed by atoms with E-state index < -0.39 is 0 Å². The fourth-order valence-electron chi connectivity index (χ4n) is 3.12. The number of aryl methyl sites for hydroxylation is 1. The molecule has 2 N–H and O–H groups in total. The molecule has 0 aromatic carbocycles. The summed E-state index contributed by atoms with van der Waals surface area (Å²) in [5.41, 5.74) is 2.30. The Morgan fingerprint density at radius 1 is 1.24 bits per heavy atom. The van der Waals surface area contributed by atoms with E-state index in [0.717, 1.165) is 23.5 Å². The Kier molecular flexibility index (Phi) is 4.02. The first-order valence-corrected chi connectivity index (χ1v) is 8.18. The molecule has 3 aromatic rings. The van der Waals surface area contributed by atoms with E-state index in [1.54, 1.807) is 30.9 Å². The third kappa shape index (κ3) is 2.91. The van der Waals surface area contributed by atoms with Crippen LogP contribution in [0.1, 0.15) is 22.4 Å². The molecule has 4 heterocycles. The second-order valence-corrected chi connectivity index (χ2v) is 6.03. The number of hydrogen-bond donors (Lipinski definition) is 2. The van der Waals surface area contributed by atoms with Crippen molar-refractivity contribution in [2.75, 3.05) is 19.6 Å². The molecule has 0 spiro atoms. The van der Waals surface area contributed by atoms with Crippen LogP contribution < -0.4 is 5.32 Å². The lowest BCUT2D eigenvalue weighted by atomic mass is 10.1. The Morgan fingerprint density at radius 2 is 2.16 bits per heavy atom. The van der Waals surface area contributed by atoms with Crippen molar-refractivity contribution in [3.63, 3.8) is 0 Å². The van der Waals surface area contributed by atoms with Gasteiger partial charge in [-0.3, -0.25) is 14.9 Å². The van der Waals surface area contributed by atoms with E-state index >= 15 is 0 Å². The quantitative estimate of drug-likeness (QED) is 0.744. The van der Waals surface area contributed by atoms with E-state index in [9.17, 15) is 4.79 Å². The highest BCUT2D eigenvalue weighted by Crippen LogP contribution is 2.23. The number of aromatic amines is 1. The molecule has 25 heavy (non-hydrogen) atoms. The van der Waals surface area contributed by atoms with E-state index in [1.165, 1.54) is 0 Å². The van der Waals surface area contributed by atoms with Crippen molar-refractivity contribution in [1.82, 2.24) is 34.9 Å². The highest BCUT2D eigenvalue weighted by atomic mass is 16.2. The van der Waals surface area contributed by atoms with Gasteiger partial charge in [-0.2, -0.15) is 5.10 Å². The molecule has 1 aliphatic heterocycles. The summed E-state index contributed by atoms with van der Waals surface area (Å²) in [6.07, 6.45) is 8.88. The minimum Gasteiger partial charge on any atom is -0.336 e. The number of hydrogen-bond acceptors (Lipinski definition) is 5. The summed E-state index contributed by atoms with van der Waals surface area (Å²) in [6.45, 7) is 2.07. The molecule has 1 saturated heterocycles. The second-order valence-electron chi connectivity index (χ2n) is 6.03. The fourth-order valence-corrected chi connectivity index (χ4v) is 3.12. The van der Waals surface area contributed by atoms with Gasteiger partial charge in [0.05, 0.1) is 6.20 Å². The first-order valence-electron chi connectivity index (χ1n) is 8.18. The summed E-state index contributed by atoms with van der Waals surface area (Å²) in [5, 5.41) is 10.0. The number of carbonyl (C=O) groups excluding carboxylic acids is 1. The number of aromatic nitrogens is 5. The zero-order valence-electron chi connectivity index (χ0n) is 13.9. The van der Waals surface area contributed by atoms with Crippen molar-refractivity contribution >= 4 is 5.91 Å². The van der Waals surface area contributed by atoms with Crippen LogP contribution in [0.5, 0.6) is 0 Å². The zero-order valence-corrected chi connectivity index (χ0v) is 13.9. The molecule has 0 bridgehead atoms. The van der Waals surface area contributed by atoms with E-state index in [-0.39, 0.29) is 11.9 Å². The molecule has 1 atom stereocenters. The molecule has 0 radical (unpaired) electrons. The monoisotopic (exact) mass is 337 g/mol. The maximum absolute atomic E-state index is 13.0. The van der Waals surface area contributed by atoms with E-state index in [1.807, 2.05) is 28.8 Å². The predicted octanol–water partition coefficient (Wildman–Crippen LogP) is 0.992. The number of H-pyrrole nitrogens is 1. The molecule has 128 valence electrons. The molecular weight excluding hydrogens is 318 g/mol. The highest BCUT2D eigenvalue weighted by molar-refractivity contribution is 5.93. The Hall–Kier alpha value is -3.00. The first-order chi connectivity index (χ1) is 12.2. The van der Waals surface area contributed by atoms with E-state index in [4.69, 9.17) is 0 Å². The minimum absolute atomic E-state index is 0.0757. The number of amides is 1. The van der Waals surface area contributed by atoms with Gasteiger partial charge in [0.2, 0.25) is 0 Å². The largest absolute Gasteiger partial charge is 0.336 e. The van der Waals surface area contributed by atoms with Crippen LogP contribution in [-0.2, 0) is 7.05 Å². The number of pyridine rings is 1. The summed E-state index contributed by atoms with van der Waals surface area (Å²) in [5.74, 6) is 0.795. The Morgan fingerprint density at radius 3 is 2.84 bits per heavy atom. The molecule has 8 nitrogen and oxygen atoms in total. The topological polar surface area (TPSA) is 91.7 Å². The third-order valence-corrected chi connectivity index (χ3v) is 4.47. The van der Waals surface area contributed by atoms with Gasteiger partial charge in [0.1, 0.15) is 17.6 Å². The van der Waals surface area contributed by atoms with Gasteiger partial charge in [0, 0.05) is 62.6 Å². The predicted molar refractivity (Wildman–Crippen MR) is 91.7 cm³/mol. The number of piperazine rings is 1. The number of nitrogens with zero attached hydrogens (tertiary/aromatic N) is 5. The van der Waals surface area contributed by atoms with Gasteiger partial charge < -0.3 is 14.8 Å². The van der Waals surface area contributed by atoms with Crippen LogP contribution in [0.15, 0.2) is 43.1 Å². The molecule has 1 fully saturated rings. The van der Waals surface area contributed by atoms with Gasteiger partial charge in [-0.15, -0.1) is 0 Å². The van der Waals surface area contributed by atoms with Gasteiger partial charge in [-0.05, 0) is 6.07 Å². The standard InChI is InChI=1S/C17H19N7O/c1-23-6-5-19-16(23)15-11-18-4-7-24(15)17(25)14-3-2-12(8-20-14)13-9-21-22-10-13/h2-3,5-6,8-10,15,18H,4,7,11H2,1H3,(H,21,22). The molecule has 4 rings (SSSR count). The molecule has 8 heteroatoms. The first kappa shape index (κ1) is 15.5. The number of imidazole rings is 1. The van der Waals surface area contributed by atoms with Gasteiger partial charge in [-0.1, -0.05) is 6.07 Å². The van der Waals surface area contributed by atoms with Crippen molar-refractivity contribution in [2.45, 2.75) is 6.04 Å². The van der Waals surface area contributed by atoms with Crippen LogP contribution in [0.3, 0.4) is 0 Å². The van der Waals surface area contributed by atoms with Crippen molar-refractivity contribution in [2.24, 2.45) is 7.05 Å². The molecule has 1 unspecified atom stereocenters. The van der Waals surface area contributed by atoms with Crippen molar-refractivity contribution in [1.29, 1.82) is 0 Å². The summed E-state index contributed by atoms with van der Waals surface area (Å²) in [4.78, 5) is 23.6. The van der Waals surface area contributed by atoms with Gasteiger partial charge in [-0.25, -0.2) is 4.98 Å². The highest BCUT2D eigenvalue weighted by Gasteiger charge is 2.31. The molecular formula is C17H19N7O. The lowest BCUT2D eigenvalue weighted by molar-refractivity contribution is 0.0615. The lowest BCUT2D eigenvalue weighted by Crippen LogP contribution is -2.49. The van der Waals surface area contributed by atoms with Crippen molar-refractivity contribution in [3.05, 3.63) is 54.6 Å². The van der Waals surface area contributed by atoms with Crippen LogP contribution in [-0.4, -0.2) is 55.2 Å². The number of rotatable bonds is 3. The van der Waals surface area contributed by atoms with Gasteiger partial charge in [0.25, 0.3) is 5.91 Å². The van der Waals surface area contributed by atoms with Crippen LogP contribution in [0.2, 0.25) is 0 Å². The van der Waals surface area contributed by atoms with Gasteiger partial charge >= 0.3 is 0 Å². The molecule has 0 saturated carbocycles. The number of carbonyl (C=O) groups is 1. The van der Waals surface area contributed by atoms with Crippen LogP contribution >= 0.6 is 0 Å². The van der Waals surface area contributed by atoms with Crippen molar-refractivity contribution < 1.29 is 4.79 Å². The minimum atomic E-state index is -0.100. The smallest absolute Gasteiger partial charge is 0.273 e. The van der Waals surface area contributed by atoms with Crippen LogP contribution in [0.25, 0.3) is 11.1 Å². The lowest BCUT2D eigenvalue weighted by Gasteiger charge is -2.35. The van der Waals surface area contributed by atoms with Crippen LogP contribution in [0, 0.1) is 0 Å². The fraction of sp³-hybridized carbons (Fsp3) is 0.294. The van der Waals surface area contributed by atoms with E-state index in [0.29, 0.717) is 18.8 Å².